The maximum Gasteiger partial charge on any atom is 0.233 e. The maximum atomic E-state index is 12.5. The maximum absolute atomic E-state index is 12.5. The van der Waals surface area contributed by atoms with Crippen molar-refractivity contribution in [2.45, 2.75) is 43.4 Å². The number of hydrogen-bond acceptors (Lipinski definition) is 3. The number of hydrogen-bond donors (Lipinski definition) is 1. The number of amides is 1. The van der Waals surface area contributed by atoms with Crippen molar-refractivity contribution < 1.29 is 9.53 Å². The van der Waals surface area contributed by atoms with Crippen LogP contribution in [0.3, 0.4) is 0 Å². The summed E-state index contributed by atoms with van der Waals surface area (Å²) in [5.41, 5.74) is 2.32. The highest BCUT2D eigenvalue weighted by atomic mass is 32.2. The summed E-state index contributed by atoms with van der Waals surface area (Å²) in [6.45, 7) is 6.08. The Kier molecular flexibility index (Phi) is 6.73. The van der Waals surface area contributed by atoms with E-state index in [1.807, 2.05) is 31.2 Å². The second kappa shape index (κ2) is 8.78. The van der Waals surface area contributed by atoms with Crippen LogP contribution < -0.4 is 10.1 Å². The van der Waals surface area contributed by atoms with Crippen molar-refractivity contribution in [2.24, 2.45) is 0 Å². The molecule has 0 radical (unpaired) electrons. The van der Waals surface area contributed by atoms with Gasteiger partial charge in [0.05, 0.1) is 18.4 Å². The number of benzene rings is 2. The summed E-state index contributed by atoms with van der Waals surface area (Å²) in [5.74, 6) is 0.881. The van der Waals surface area contributed by atoms with Crippen LogP contribution in [0.25, 0.3) is 0 Å². The van der Waals surface area contributed by atoms with Gasteiger partial charge in [-0.2, -0.15) is 0 Å². The molecule has 0 aliphatic heterocycles. The van der Waals surface area contributed by atoms with Crippen LogP contribution in [0, 0.1) is 6.92 Å². The van der Waals surface area contributed by atoms with Crippen molar-refractivity contribution in [3.05, 3.63) is 59.7 Å². The SMILES string of the molecule is CC[C@H](NC(=O)[C@H](C)Sc1ccc(C)cc1)c1ccc(OC)cc1. The van der Waals surface area contributed by atoms with E-state index in [4.69, 9.17) is 4.74 Å². The zero-order valence-electron chi connectivity index (χ0n) is 14.7. The van der Waals surface area contributed by atoms with Gasteiger partial charge in [-0.25, -0.2) is 0 Å². The third-order valence-corrected chi connectivity index (χ3v) is 5.06. The van der Waals surface area contributed by atoms with Crippen LogP contribution in [0.4, 0.5) is 0 Å². The van der Waals surface area contributed by atoms with Crippen LogP contribution in [0.2, 0.25) is 0 Å². The fourth-order valence-corrected chi connectivity index (χ4v) is 3.30. The van der Waals surface area contributed by atoms with Crippen LogP contribution in [0.15, 0.2) is 53.4 Å². The van der Waals surface area contributed by atoms with E-state index < -0.39 is 0 Å². The molecule has 24 heavy (non-hydrogen) atoms. The Morgan fingerprint density at radius 1 is 1.12 bits per heavy atom. The van der Waals surface area contributed by atoms with Crippen LogP contribution >= 0.6 is 11.8 Å². The highest BCUT2D eigenvalue weighted by Gasteiger charge is 2.19. The first-order valence-electron chi connectivity index (χ1n) is 8.21. The molecule has 0 fully saturated rings. The minimum atomic E-state index is -0.139. The molecular weight excluding hydrogens is 318 g/mol. The molecule has 2 atom stereocenters. The summed E-state index contributed by atoms with van der Waals surface area (Å²) >= 11 is 1.58. The molecule has 0 saturated carbocycles. The molecule has 0 unspecified atom stereocenters. The van der Waals surface area contributed by atoms with Gasteiger partial charge < -0.3 is 10.1 Å². The molecule has 4 heteroatoms. The molecular formula is C20H25NO2S. The number of aryl methyl sites for hydroxylation is 1. The molecule has 0 aliphatic rings. The lowest BCUT2D eigenvalue weighted by Crippen LogP contribution is -2.34. The van der Waals surface area contributed by atoms with E-state index in [0.717, 1.165) is 22.6 Å². The molecule has 3 nitrogen and oxygen atoms in total. The first kappa shape index (κ1) is 18.4. The highest BCUT2D eigenvalue weighted by molar-refractivity contribution is 8.00. The van der Waals surface area contributed by atoms with Crippen LogP contribution in [0.1, 0.15) is 37.4 Å². The zero-order chi connectivity index (χ0) is 17.5. The number of ether oxygens (including phenoxy) is 1. The minimum Gasteiger partial charge on any atom is -0.497 e. The fourth-order valence-electron chi connectivity index (χ4n) is 2.42. The number of thioether (sulfide) groups is 1. The molecule has 0 spiro atoms. The van der Waals surface area contributed by atoms with Crippen molar-refractivity contribution in [2.75, 3.05) is 7.11 Å². The average molecular weight is 343 g/mol. The normalized spacial score (nSPS) is 13.2. The van der Waals surface area contributed by atoms with Gasteiger partial charge in [-0.15, -0.1) is 11.8 Å². The molecule has 0 aromatic heterocycles. The van der Waals surface area contributed by atoms with Gasteiger partial charge in [-0.1, -0.05) is 36.8 Å². The Labute approximate surface area is 148 Å². The third kappa shape index (κ3) is 5.03. The number of carbonyl (C=O) groups excluding carboxylic acids is 1. The number of methoxy groups -OCH3 is 1. The fraction of sp³-hybridized carbons (Fsp3) is 0.350. The van der Waals surface area contributed by atoms with E-state index in [2.05, 4.69) is 43.4 Å². The molecule has 0 heterocycles. The van der Waals surface area contributed by atoms with E-state index in [-0.39, 0.29) is 17.2 Å². The average Bonchev–Trinajstić information content (AvgIpc) is 2.61. The zero-order valence-corrected chi connectivity index (χ0v) is 15.5. The van der Waals surface area contributed by atoms with Crippen molar-refractivity contribution in [3.8, 4) is 5.75 Å². The van der Waals surface area contributed by atoms with Crippen molar-refractivity contribution in [1.29, 1.82) is 0 Å². The summed E-state index contributed by atoms with van der Waals surface area (Å²) in [5, 5.41) is 3.01. The lowest BCUT2D eigenvalue weighted by molar-refractivity contribution is -0.121. The monoisotopic (exact) mass is 343 g/mol. The quantitative estimate of drug-likeness (QED) is 0.737. The Bertz CT molecular complexity index is 652. The number of rotatable bonds is 7. The van der Waals surface area contributed by atoms with Crippen molar-refractivity contribution in [3.63, 3.8) is 0 Å². The second-order valence-electron chi connectivity index (χ2n) is 5.82. The van der Waals surface area contributed by atoms with Crippen LogP contribution in [-0.4, -0.2) is 18.3 Å². The van der Waals surface area contributed by atoms with Gasteiger partial charge in [0.1, 0.15) is 5.75 Å². The molecule has 2 aromatic rings. The van der Waals surface area contributed by atoms with E-state index >= 15 is 0 Å². The van der Waals surface area contributed by atoms with Gasteiger partial charge in [0.15, 0.2) is 0 Å². The summed E-state index contributed by atoms with van der Waals surface area (Å²) in [4.78, 5) is 13.6. The number of nitrogens with one attached hydrogen (secondary N) is 1. The molecule has 1 amide bonds. The Morgan fingerprint density at radius 2 is 1.75 bits per heavy atom. The third-order valence-electron chi connectivity index (χ3n) is 3.95. The molecule has 0 aliphatic carbocycles. The first-order valence-corrected chi connectivity index (χ1v) is 9.09. The lowest BCUT2D eigenvalue weighted by atomic mass is 10.0. The summed E-state index contributed by atoms with van der Waals surface area (Å²) in [6.07, 6.45) is 0.847. The first-order chi connectivity index (χ1) is 11.5. The molecule has 2 aromatic carbocycles. The van der Waals surface area contributed by atoms with Gasteiger partial charge in [0, 0.05) is 4.90 Å². The molecule has 128 valence electrons. The highest BCUT2D eigenvalue weighted by Crippen LogP contribution is 2.25. The van der Waals surface area contributed by atoms with Gasteiger partial charge in [0.25, 0.3) is 0 Å². The predicted molar refractivity (Wildman–Crippen MR) is 101 cm³/mol. The van der Waals surface area contributed by atoms with Crippen LogP contribution in [-0.2, 0) is 4.79 Å². The molecule has 2 rings (SSSR count). The van der Waals surface area contributed by atoms with E-state index in [1.165, 1.54) is 5.56 Å². The van der Waals surface area contributed by atoms with Gasteiger partial charge in [-0.05, 0) is 50.1 Å². The van der Waals surface area contributed by atoms with Crippen LogP contribution in [0.5, 0.6) is 5.75 Å². The Morgan fingerprint density at radius 3 is 2.29 bits per heavy atom. The largest absolute Gasteiger partial charge is 0.497 e. The van der Waals surface area contributed by atoms with Gasteiger partial charge in [-0.3, -0.25) is 4.79 Å². The summed E-state index contributed by atoms with van der Waals surface area (Å²) in [7, 11) is 1.65. The molecule has 0 saturated heterocycles. The Balaban J connectivity index is 1.98. The van der Waals surface area contributed by atoms with E-state index in [1.54, 1.807) is 18.9 Å². The van der Waals surface area contributed by atoms with E-state index in [9.17, 15) is 4.79 Å². The minimum absolute atomic E-state index is 0.0180. The number of carbonyl (C=O) groups is 1. The topological polar surface area (TPSA) is 38.3 Å². The van der Waals surface area contributed by atoms with E-state index in [0.29, 0.717) is 0 Å². The van der Waals surface area contributed by atoms with Crippen molar-refractivity contribution in [1.82, 2.24) is 5.32 Å². The van der Waals surface area contributed by atoms with Gasteiger partial charge in [0.2, 0.25) is 5.91 Å². The smallest absolute Gasteiger partial charge is 0.233 e. The molecule has 1 N–H and O–H groups in total. The van der Waals surface area contributed by atoms with Gasteiger partial charge >= 0.3 is 0 Å². The Hall–Kier alpha value is -1.94. The standard InChI is InChI=1S/C20H25NO2S/c1-5-19(16-8-10-17(23-4)11-9-16)21-20(22)15(3)24-18-12-6-14(2)7-13-18/h6-13,15,19H,5H2,1-4H3,(H,21,22)/t15-,19-/m0/s1. The summed E-state index contributed by atoms with van der Waals surface area (Å²) < 4.78 is 5.19. The lowest BCUT2D eigenvalue weighted by Gasteiger charge is -2.20. The predicted octanol–water partition coefficient (Wildman–Crippen LogP) is 4.75. The van der Waals surface area contributed by atoms with Crippen molar-refractivity contribution >= 4 is 17.7 Å². The molecule has 0 bridgehead atoms. The second-order valence-corrected chi connectivity index (χ2v) is 7.23. The summed E-state index contributed by atoms with van der Waals surface area (Å²) in [6, 6.07) is 16.1.